The van der Waals surface area contributed by atoms with Crippen LogP contribution >= 0.6 is 0 Å². The van der Waals surface area contributed by atoms with Crippen molar-refractivity contribution >= 4 is 23.3 Å². The maximum absolute atomic E-state index is 14.1. The highest BCUT2D eigenvalue weighted by Crippen LogP contribution is 2.28. The van der Waals surface area contributed by atoms with Gasteiger partial charge in [-0.3, -0.25) is 14.5 Å². The molecule has 0 aliphatic heterocycles. The number of aliphatic hydroxyl groups excluding tert-OH is 1. The summed E-state index contributed by atoms with van der Waals surface area (Å²) in [5.74, 6) is -0.827. The number of amides is 2. The largest absolute Gasteiger partial charge is 0.505 e. The van der Waals surface area contributed by atoms with Gasteiger partial charge in [0.1, 0.15) is 5.75 Å². The van der Waals surface area contributed by atoms with Gasteiger partial charge in [0, 0.05) is 22.1 Å². The minimum atomic E-state index is -0.593. The molecule has 1 aliphatic carbocycles. The predicted octanol–water partition coefficient (Wildman–Crippen LogP) is 6.66. The number of carbonyl (C=O) groups is 2. The minimum Gasteiger partial charge on any atom is -0.505 e. The molecule has 200 valence electrons. The van der Waals surface area contributed by atoms with Crippen LogP contribution in [0.25, 0.3) is 16.2 Å². The number of benzene rings is 3. The van der Waals surface area contributed by atoms with Crippen molar-refractivity contribution in [3.63, 3.8) is 0 Å². The normalized spacial score (nSPS) is 14.0. The third-order valence-corrected chi connectivity index (χ3v) is 6.73. The lowest BCUT2D eigenvalue weighted by molar-refractivity contribution is -0.119. The molecule has 0 bridgehead atoms. The highest BCUT2D eigenvalue weighted by molar-refractivity contribution is 6.08. The number of hydrogen-bond acceptors (Lipinski definition) is 5. The Morgan fingerprint density at radius 2 is 1.67 bits per heavy atom. The summed E-state index contributed by atoms with van der Waals surface area (Å²) in [6.07, 6.45) is 4.78. The first-order valence-corrected chi connectivity index (χ1v) is 12.9. The highest BCUT2D eigenvalue weighted by Gasteiger charge is 2.31. The summed E-state index contributed by atoms with van der Waals surface area (Å²) in [5.41, 5.74) is 10.2. The summed E-state index contributed by atoms with van der Waals surface area (Å²) >= 11 is 0. The van der Waals surface area contributed by atoms with Crippen molar-refractivity contribution in [2.75, 3.05) is 7.11 Å². The zero-order chi connectivity index (χ0) is 27.6. The summed E-state index contributed by atoms with van der Waals surface area (Å²) < 4.78 is 5.26. The lowest BCUT2D eigenvalue weighted by Crippen LogP contribution is -2.43. The molecular formula is C30H31N5O4. The van der Waals surface area contributed by atoms with E-state index in [9.17, 15) is 14.7 Å². The zero-order valence-corrected chi connectivity index (χ0v) is 21.8. The van der Waals surface area contributed by atoms with E-state index in [0.29, 0.717) is 16.9 Å². The summed E-state index contributed by atoms with van der Waals surface area (Å²) in [7, 11) is 1.56. The van der Waals surface area contributed by atoms with Gasteiger partial charge >= 0.3 is 0 Å². The number of nitrogens with zero attached hydrogens (tertiary/aromatic N) is 4. The van der Waals surface area contributed by atoms with Gasteiger partial charge in [0.15, 0.2) is 11.5 Å². The average Bonchev–Trinajstić information content (AvgIpc) is 2.98. The van der Waals surface area contributed by atoms with Gasteiger partial charge in [0.05, 0.1) is 19.3 Å². The second kappa shape index (κ2) is 13.2. The van der Waals surface area contributed by atoms with Gasteiger partial charge in [-0.1, -0.05) is 85.0 Å². The van der Waals surface area contributed by atoms with Crippen molar-refractivity contribution in [2.24, 2.45) is 5.11 Å². The monoisotopic (exact) mass is 525 g/mol. The van der Waals surface area contributed by atoms with E-state index in [-0.39, 0.29) is 35.3 Å². The number of carbonyl (C=O) groups excluding carboxylic acids is 2. The Balaban J connectivity index is 1.85. The van der Waals surface area contributed by atoms with Gasteiger partial charge in [0.2, 0.25) is 0 Å². The van der Waals surface area contributed by atoms with Crippen molar-refractivity contribution in [1.82, 2.24) is 10.2 Å². The number of aliphatic hydroxyl groups is 1. The van der Waals surface area contributed by atoms with Gasteiger partial charge in [-0.15, -0.1) is 0 Å². The lowest BCUT2D eigenvalue weighted by Gasteiger charge is -2.29. The van der Waals surface area contributed by atoms with Crippen LogP contribution in [-0.4, -0.2) is 35.0 Å². The standard InChI is InChI=1S/C30H31N5O4/c1-39-24-18-16-21(17-19-24)20-35(30(38)25-14-8-9-15-26(25)33-34-31)27(28(36)22-10-4-2-5-11-22)29(37)32-23-12-6-3-7-13-23/h2,4-5,8-11,14-19,23,36H,3,6-7,12-13,20H2,1H3,(H,32,37)/b28-27+. The van der Waals surface area contributed by atoms with Crippen LogP contribution in [-0.2, 0) is 11.3 Å². The summed E-state index contributed by atoms with van der Waals surface area (Å²) in [5, 5.41) is 18.2. The minimum absolute atomic E-state index is 0.0300. The van der Waals surface area contributed by atoms with Crippen LogP contribution in [0.1, 0.15) is 53.6 Å². The SMILES string of the molecule is COc1ccc(CN(C(=O)c2ccccc2N=[N+]=[N-])/C(C(=O)NC2CCCCC2)=C(/O)c2ccccc2)cc1. The maximum atomic E-state index is 14.1. The fourth-order valence-electron chi connectivity index (χ4n) is 4.69. The van der Waals surface area contributed by atoms with Crippen LogP contribution in [0.15, 0.2) is 89.7 Å². The second-order valence-electron chi connectivity index (χ2n) is 9.32. The van der Waals surface area contributed by atoms with Gasteiger partial charge in [-0.05, 0) is 42.1 Å². The molecule has 0 aromatic heterocycles. The Bertz CT molecular complexity index is 1380. The quantitative estimate of drug-likeness (QED) is 0.106. The molecule has 0 radical (unpaired) electrons. The third-order valence-electron chi connectivity index (χ3n) is 6.73. The highest BCUT2D eigenvalue weighted by atomic mass is 16.5. The van der Waals surface area contributed by atoms with Gasteiger partial charge in [-0.25, -0.2) is 0 Å². The van der Waals surface area contributed by atoms with E-state index in [4.69, 9.17) is 10.3 Å². The van der Waals surface area contributed by atoms with E-state index >= 15 is 0 Å². The summed E-state index contributed by atoms with van der Waals surface area (Å²) in [6.45, 7) is -0.0300. The molecule has 39 heavy (non-hydrogen) atoms. The van der Waals surface area contributed by atoms with Crippen molar-refractivity contribution in [3.05, 3.63) is 112 Å². The first-order valence-electron chi connectivity index (χ1n) is 12.9. The number of azide groups is 1. The molecule has 2 amide bonds. The van der Waals surface area contributed by atoms with Crippen LogP contribution < -0.4 is 10.1 Å². The summed E-state index contributed by atoms with van der Waals surface area (Å²) in [6, 6.07) is 22.0. The Hall–Kier alpha value is -4.75. The number of nitrogens with one attached hydrogen (secondary N) is 1. The molecule has 0 saturated heterocycles. The molecule has 1 fully saturated rings. The van der Waals surface area contributed by atoms with Crippen LogP contribution in [0, 0.1) is 0 Å². The molecule has 4 rings (SSSR count). The third kappa shape index (κ3) is 6.77. The maximum Gasteiger partial charge on any atom is 0.272 e. The van der Waals surface area contributed by atoms with Crippen molar-refractivity contribution in [1.29, 1.82) is 0 Å². The number of rotatable bonds is 9. The Labute approximate surface area is 227 Å². The van der Waals surface area contributed by atoms with E-state index in [1.165, 1.54) is 17.0 Å². The summed E-state index contributed by atoms with van der Waals surface area (Å²) in [4.78, 5) is 32.1. The van der Waals surface area contributed by atoms with Crippen molar-refractivity contribution in [3.8, 4) is 5.75 Å². The molecule has 0 atom stereocenters. The van der Waals surface area contributed by atoms with E-state index in [1.54, 1.807) is 73.8 Å². The Morgan fingerprint density at radius 1 is 1.00 bits per heavy atom. The molecule has 2 N–H and O–H groups in total. The van der Waals surface area contributed by atoms with Crippen LogP contribution in [0.4, 0.5) is 5.69 Å². The molecule has 3 aromatic rings. The lowest BCUT2D eigenvalue weighted by atomic mass is 9.95. The van der Waals surface area contributed by atoms with E-state index in [2.05, 4.69) is 15.3 Å². The molecule has 1 aliphatic rings. The molecule has 9 heteroatoms. The molecule has 0 spiro atoms. The van der Waals surface area contributed by atoms with Gasteiger partial charge < -0.3 is 15.2 Å². The van der Waals surface area contributed by atoms with Crippen molar-refractivity contribution in [2.45, 2.75) is 44.7 Å². The van der Waals surface area contributed by atoms with Gasteiger partial charge in [-0.2, -0.15) is 0 Å². The first kappa shape index (κ1) is 27.3. The molecular weight excluding hydrogens is 494 g/mol. The number of methoxy groups -OCH3 is 1. The van der Waals surface area contributed by atoms with E-state index in [1.807, 2.05) is 0 Å². The van der Waals surface area contributed by atoms with E-state index in [0.717, 1.165) is 32.1 Å². The zero-order valence-electron chi connectivity index (χ0n) is 21.8. The number of ether oxygens (including phenoxy) is 1. The predicted molar refractivity (Wildman–Crippen MR) is 149 cm³/mol. The smallest absolute Gasteiger partial charge is 0.272 e. The molecule has 0 unspecified atom stereocenters. The Kier molecular flexibility index (Phi) is 9.21. The molecule has 9 nitrogen and oxygen atoms in total. The van der Waals surface area contributed by atoms with Crippen LogP contribution in [0.2, 0.25) is 0 Å². The molecule has 0 heterocycles. The van der Waals surface area contributed by atoms with Gasteiger partial charge in [0.25, 0.3) is 11.8 Å². The fraction of sp³-hybridized carbons (Fsp3) is 0.267. The van der Waals surface area contributed by atoms with Crippen LogP contribution in [0.5, 0.6) is 5.75 Å². The number of hydrogen-bond donors (Lipinski definition) is 2. The van der Waals surface area contributed by atoms with Crippen molar-refractivity contribution < 1.29 is 19.4 Å². The molecule has 1 saturated carbocycles. The topological polar surface area (TPSA) is 128 Å². The first-order chi connectivity index (χ1) is 19.0. The molecule has 3 aromatic carbocycles. The van der Waals surface area contributed by atoms with Crippen LogP contribution in [0.3, 0.4) is 0 Å². The average molecular weight is 526 g/mol. The van der Waals surface area contributed by atoms with E-state index < -0.39 is 11.8 Å². The second-order valence-corrected chi connectivity index (χ2v) is 9.32. The fourth-order valence-corrected chi connectivity index (χ4v) is 4.69. The Morgan fingerprint density at radius 3 is 2.33 bits per heavy atom.